The third-order valence-electron chi connectivity index (χ3n) is 5.28. The number of carbonyl (C=O) groups excluding carboxylic acids is 1. The SMILES string of the molecule is COc1ccc(/C=N\NC(=O)c2ccc(N(C)S(=O)(=O)c3ccc(C)cc3)cc2)c(OC)c1OC. The molecule has 10 heteroatoms. The van der Waals surface area contributed by atoms with Gasteiger partial charge in [0.15, 0.2) is 11.5 Å². The number of sulfonamides is 1. The molecular weight excluding hydrogens is 470 g/mol. The van der Waals surface area contributed by atoms with Crippen molar-refractivity contribution < 1.29 is 27.4 Å². The first-order chi connectivity index (χ1) is 16.7. The Hall–Kier alpha value is -4.05. The molecule has 184 valence electrons. The van der Waals surface area contributed by atoms with Gasteiger partial charge in [-0.3, -0.25) is 9.10 Å². The van der Waals surface area contributed by atoms with Gasteiger partial charge < -0.3 is 14.2 Å². The number of nitrogens with one attached hydrogen (secondary N) is 1. The Morgan fingerprint density at radius 2 is 1.51 bits per heavy atom. The molecule has 0 radical (unpaired) electrons. The number of ether oxygens (including phenoxy) is 3. The molecule has 0 heterocycles. The van der Waals surface area contributed by atoms with Crippen molar-refractivity contribution in [2.75, 3.05) is 32.7 Å². The topological polar surface area (TPSA) is 107 Å². The van der Waals surface area contributed by atoms with E-state index in [0.29, 0.717) is 34.1 Å². The van der Waals surface area contributed by atoms with Crippen molar-refractivity contribution in [1.29, 1.82) is 0 Å². The van der Waals surface area contributed by atoms with Crippen LogP contribution in [0.1, 0.15) is 21.5 Å². The standard InChI is InChI=1S/C25H27N3O6S/c1-17-6-13-21(14-7-17)35(30,31)28(2)20-11-8-18(9-12-20)25(29)27-26-16-19-10-15-22(32-3)24(34-5)23(19)33-4/h6-16H,1-5H3,(H,27,29)/b26-16-. The largest absolute Gasteiger partial charge is 0.493 e. The predicted octanol–water partition coefficient (Wildman–Crippen LogP) is 3.61. The molecule has 3 rings (SSSR count). The molecule has 0 aliphatic heterocycles. The van der Waals surface area contributed by atoms with Gasteiger partial charge in [-0.1, -0.05) is 17.7 Å². The summed E-state index contributed by atoms with van der Waals surface area (Å²) in [5, 5.41) is 3.99. The average Bonchev–Trinajstić information content (AvgIpc) is 2.87. The minimum absolute atomic E-state index is 0.187. The molecule has 3 aromatic rings. The number of nitrogens with zero attached hydrogens (tertiary/aromatic N) is 2. The van der Waals surface area contributed by atoms with E-state index in [1.165, 1.54) is 51.0 Å². The van der Waals surface area contributed by atoms with Crippen LogP contribution in [0.4, 0.5) is 5.69 Å². The molecule has 0 saturated carbocycles. The van der Waals surface area contributed by atoms with Crippen molar-refractivity contribution in [2.45, 2.75) is 11.8 Å². The van der Waals surface area contributed by atoms with Crippen molar-refractivity contribution in [3.05, 3.63) is 77.4 Å². The van der Waals surface area contributed by atoms with E-state index in [2.05, 4.69) is 10.5 Å². The number of carbonyl (C=O) groups is 1. The number of methoxy groups -OCH3 is 3. The number of anilines is 1. The summed E-state index contributed by atoms with van der Waals surface area (Å²) < 4.78 is 42.9. The van der Waals surface area contributed by atoms with Gasteiger partial charge in [0.25, 0.3) is 15.9 Å². The predicted molar refractivity (Wildman–Crippen MR) is 134 cm³/mol. The molecule has 0 aliphatic carbocycles. The van der Waals surface area contributed by atoms with E-state index in [1.54, 1.807) is 48.5 Å². The summed E-state index contributed by atoms with van der Waals surface area (Å²) in [7, 11) is 2.24. The van der Waals surface area contributed by atoms with Gasteiger partial charge in [-0.25, -0.2) is 13.8 Å². The highest BCUT2D eigenvalue weighted by molar-refractivity contribution is 7.92. The maximum absolute atomic E-state index is 12.9. The molecule has 0 aliphatic rings. The quantitative estimate of drug-likeness (QED) is 0.358. The van der Waals surface area contributed by atoms with Gasteiger partial charge in [-0.15, -0.1) is 0 Å². The van der Waals surface area contributed by atoms with Crippen LogP contribution in [0.5, 0.6) is 17.2 Å². The van der Waals surface area contributed by atoms with Crippen LogP contribution in [0.2, 0.25) is 0 Å². The minimum atomic E-state index is -3.73. The normalized spacial score (nSPS) is 11.2. The first-order valence-corrected chi connectivity index (χ1v) is 11.9. The van der Waals surface area contributed by atoms with Crippen molar-refractivity contribution in [3.8, 4) is 17.2 Å². The molecule has 0 saturated heterocycles. The van der Waals surface area contributed by atoms with Crippen LogP contribution in [0.25, 0.3) is 0 Å². The summed E-state index contributed by atoms with van der Waals surface area (Å²) in [6, 6.07) is 16.2. The van der Waals surface area contributed by atoms with E-state index >= 15 is 0 Å². The Morgan fingerprint density at radius 3 is 2.09 bits per heavy atom. The van der Waals surface area contributed by atoms with Crippen LogP contribution in [0.3, 0.4) is 0 Å². The lowest BCUT2D eigenvalue weighted by molar-refractivity contribution is 0.0955. The maximum atomic E-state index is 12.9. The van der Waals surface area contributed by atoms with Gasteiger partial charge in [0.05, 0.1) is 38.1 Å². The van der Waals surface area contributed by atoms with Crippen LogP contribution < -0.4 is 23.9 Å². The molecule has 9 nitrogen and oxygen atoms in total. The van der Waals surface area contributed by atoms with Crippen LogP contribution in [-0.2, 0) is 10.0 Å². The third kappa shape index (κ3) is 5.55. The van der Waals surface area contributed by atoms with Gasteiger partial charge in [-0.2, -0.15) is 5.10 Å². The molecule has 0 spiro atoms. The Labute approximate surface area is 205 Å². The average molecular weight is 498 g/mol. The monoisotopic (exact) mass is 497 g/mol. The number of rotatable bonds is 9. The van der Waals surface area contributed by atoms with E-state index in [-0.39, 0.29) is 4.90 Å². The summed E-state index contributed by atoms with van der Waals surface area (Å²) in [6.07, 6.45) is 1.43. The fraction of sp³-hybridized carbons (Fsp3) is 0.200. The second-order valence-corrected chi connectivity index (χ2v) is 9.42. The molecule has 0 unspecified atom stereocenters. The number of aryl methyl sites for hydroxylation is 1. The van der Waals surface area contributed by atoms with Crippen molar-refractivity contribution in [2.24, 2.45) is 5.10 Å². The van der Waals surface area contributed by atoms with Crippen molar-refractivity contribution in [1.82, 2.24) is 5.43 Å². The second kappa shape index (κ2) is 10.9. The maximum Gasteiger partial charge on any atom is 0.271 e. The molecular formula is C25H27N3O6S. The number of hydrazone groups is 1. The van der Waals surface area contributed by atoms with Gasteiger partial charge in [0.1, 0.15) is 0 Å². The fourth-order valence-corrected chi connectivity index (χ4v) is 4.48. The van der Waals surface area contributed by atoms with Gasteiger partial charge in [0, 0.05) is 18.2 Å². The van der Waals surface area contributed by atoms with Crippen LogP contribution in [0, 0.1) is 6.92 Å². The number of amides is 1. The summed E-state index contributed by atoms with van der Waals surface area (Å²) in [5.41, 5.74) is 4.71. The highest BCUT2D eigenvalue weighted by atomic mass is 32.2. The molecule has 35 heavy (non-hydrogen) atoms. The summed E-state index contributed by atoms with van der Waals surface area (Å²) in [4.78, 5) is 12.7. The molecule has 0 bridgehead atoms. The summed E-state index contributed by atoms with van der Waals surface area (Å²) in [6.45, 7) is 1.89. The van der Waals surface area contributed by atoms with E-state index in [4.69, 9.17) is 14.2 Å². The first-order valence-electron chi connectivity index (χ1n) is 10.5. The van der Waals surface area contributed by atoms with Crippen LogP contribution in [-0.4, -0.2) is 48.9 Å². The van der Waals surface area contributed by atoms with Crippen molar-refractivity contribution in [3.63, 3.8) is 0 Å². The Bertz CT molecular complexity index is 1320. The third-order valence-corrected chi connectivity index (χ3v) is 7.08. The zero-order chi connectivity index (χ0) is 25.6. The van der Waals surface area contributed by atoms with Crippen LogP contribution >= 0.6 is 0 Å². The number of hydrogen-bond donors (Lipinski definition) is 1. The van der Waals surface area contributed by atoms with Gasteiger partial charge in [0.2, 0.25) is 5.75 Å². The van der Waals surface area contributed by atoms with Crippen molar-refractivity contribution >= 4 is 27.8 Å². The van der Waals surface area contributed by atoms with Crippen LogP contribution in [0.15, 0.2) is 70.7 Å². The highest BCUT2D eigenvalue weighted by Gasteiger charge is 2.21. The van der Waals surface area contributed by atoms with Gasteiger partial charge >= 0.3 is 0 Å². The molecule has 0 fully saturated rings. The summed E-state index contributed by atoms with van der Waals surface area (Å²) >= 11 is 0. The molecule has 0 atom stereocenters. The lowest BCUT2D eigenvalue weighted by Crippen LogP contribution is -2.26. The second-order valence-electron chi connectivity index (χ2n) is 7.46. The summed E-state index contributed by atoms with van der Waals surface area (Å²) in [5.74, 6) is 0.855. The molecule has 1 N–H and O–H groups in total. The van der Waals surface area contributed by atoms with E-state index in [9.17, 15) is 13.2 Å². The minimum Gasteiger partial charge on any atom is -0.493 e. The number of benzene rings is 3. The molecule has 0 aromatic heterocycles. The molecule has 1 amide bonds. The first kappa shape index (κ1) is 25.6. The zero-order valence-electron chi connectivity index (χ0n) is 20.1. The smallest absolute Gasteiger partial charge is 0.271 e. The van der Waals surface area contributed by atoms with E-state index in [0.717, 1.165) is 5.56 Å². The Balaban J connectivity index is 1.72. The lowest BCUT2D eigenvalue weighted by Gasteiger charge is -2.19. The Morgan fingerprint density at radius 1 is 0.886 bits per heavy atom. The zero-order valence-corrected chi connectivity index (χ0v) is 20.9. The van der Waals surface area contributed by atoms with E-state index in [1.807, 2.05) is 6.92 Å². The van der Waals surface area contributed by atoms with Gasteiger partial charge in [-0.05, 0) is 55.5 Å². The molecule has 3 aromatic carbocycles. The fourth-order valence-electron chi connectivity index (χ4n) is 3.28. The van der Waals surface area contributed by atoms with E-state index < -0.39 is 15.9 Å². The Kier molecular flexibility index (Phi) is 7.98. The number of hydrogen-bond acceptors (Lipinski definition) is 7. The highest BCUT2D eigenvalue weighted by Crippen LogP contribution is 2.39. The lowest BCUT2D eigenvalue weighted by atomic mass is 10.2.